The Balaban J connectivity index is 1.88. The third-order valence-electron chi connectivity index (χ3n) is 5.15. The smallest absolute Gasteiger partial charge is 0.166 e. The van der Waals surface area contributed by atoms with E-state index >= 15 is 0 Å². The van der Waals surface area contributed by atoms with Crippen molar-refractivity contribution in [2.45, 2.75) is 31.1 Å². The molecule has 3 rings (SSSR count). The first-order chi connectivity index (χ1) is 12.5. The van der Waals surface area contributed by atoms with E-state index in [1.165, 1.54) is 7.11 Å². The maximum absolute atomic E-state index is 12.9. The lowest BCUT2D eigenvalue weighted by Gasteiger charge is -2.22. The summed E-state index contributed by atoms with van der Waals surface area (Å²) in [5.41, 5.74) is 2.67. The lowest BCUT2D eigenvalue weighted by molar-refractivity contribution is -0.130. The number of carbonyl (C=O) groups is 1. The number of carbonyl (C=O) groups excluding carboxylic acids is 1. The average Bonchev–Trinajstić information content (AvgIpc) is 3.01. The molecular formula is C21H24O4S. The van der Waals surface area contributed by atoms with Crippen molar-refractivity contribution in [1.82, 2.24) is 0 Å². The highest BCUT2D eigenvalue weighted by molar-refractivity contribution is 7.91. The molecule has 0 aromatic heterocycles. The van der Waals surface area contributed by atoms with E-state index in [4.69, 9.17) is 4.74 Å². The Labute approximate surface area is 155 Å². The van der Waals surface area contributed by atoms with Gasteiger partial charge in [0.2, 0.25) is 0 Å². The minimum Gasteiger partial charge on any atom is -0.369 e. The van der Waals surface area contributed by atoms with Crippen LogP contribution in [0.3, 0.4) is 0 Å². The van der Waals surface area contributed by atoms with Gasteiger partial charge in [-0.3, -0.25) is 4.79 Å². The highest BCUT2D eigenvalue weighted by Crippen LogP contribution is 2.44. The van der Waals surface area contributed by atoms with Crippen LogP contribution in [0, 0.1) is 5.92 Å². The molecule has 2 aromatic carbocycles. The van der Waals surface area contributed by atoms with Crippen molar-refractivity contribution < 1.29 is 17.9 Å². The highest BCUT2D eigenvalue weighted by Gasteiger charge is 2.41. The molecule has 26 heavy (non-hydrogen) atoms. The first-order valence-electron chi connectivity index (χ1n) is 8.87. The number of rotatable bonds is 7. The number of methoxy groups -OCH3 is 1. The molecule has 0 spiro atoms. The minimum absolute atomic E-state index is 0.0725. The van der Waals surface area contributed by atoms with E-state index < -0.39 is 21.2 Å². The van der Waals surface area contributed by atoms with Crippen LogP contribution < -0.4 is 0 Å². The van der Waals surface area contributed by atoms with Crippen molar-refractivity contribution in [3.63, 3.8) is 0 Å². The van der Waals surface area contributed by atoms with Crippen LogP contribution in [0.5, 0.6) is 0 Å². The molecule has 0 fully saturated rings. The number of hydrogen-bond donors (Lipinski definition) is 0. The third kappa shape index (κ3) is 3.60. The fourth-order valence-electron chi connectivity index (χ4n) is 3.93. The molecule has 1 aliphatic carbocycles. The van der Waals surface area contributed by atoms with Gasteiger partial charge in [-0.2, -0.15) is 0 Å². The van der Waals surface area contributed by atoms with E-state index in [9.17, 15) is 13.2 Å². The second-order valence-corrected chi connectivity index (χ2v) is 9.14. The van der Waals surface area contributed by atoms with Crippen LogP contribution in [0.15, 0.2) is 54.6 Å². The molecule has 0 radical (unpaired) electrons. The van der Waals surface area contributed by atoms with Crippen LogP contribution in [-0.2, 0) is 25.8 Å². The number of Topliss-reactive ketones (excluding diaryl/α,β-unsaturated/α-hetero) is 1. The third-order valence-corrected chi connectivity index (χ3v) is 7.37. The molecule has 1 aliphatic rings. The maximum atomic E-state index is 12.9. The first kappa shape index (κ1) is 18.8. The van der Waals surface area contributed by atoms with E-state index in [2.05, 4.69) is 0 Å². The van der Waals surface area contributed by atoms with Crippen LogP contribution in [0.25, 0.3) is 0 Å². The summed E-state index contributed by atoms with van der Waals surface area (Å²) in [5.74, 6) is -0.248. The molecule has 5 heteroatoms. The predicted octanol–water partition coefficient (Wildman–Crippen LogP) is 3.68. The summed E-state index contributed by atoms with van der Waals surface area (Å²) in [5, 5.41) is -0.610. The Bertz CT molecular complexity index is 874. The van der Waals surface area contributed by atoms with Gasteiger partial charge in [-0.05, 0) is 29.0 Å². The summed E-state index contributed by atoms with van der Waals surface area (Å²) in [6.07, 6.45) is 0.133. The van der Waals surface area contributed by atoms with Gasteiger partial charge in [0.05, 0.1) is 5.25 Å². The monoisotopic (exact) mass is 372 g/mol. The van der Waals surface area contributed by atoms with E-state index in [1.54, 1.807) is 6.92 Å². The van der Waals surface area contributed by atoms with Gasteiger partial charge < -0.3 is 4.74 Å². The maximum Gasteiger partial charge on any atom is 0.166 e. The number of ether oxygens (including phenoxy) is 1. The zero-order valence-corrected chi connectivity index (χ0v) is 15.9. The summed E-state index contributed by atoms with van der Waals surface area (Å²) in [7, 11) is -1.78. The van der Waals surface area contributed by atoms with Crippen LogP contribution in [-0.4, -0.2) is 27.1 Å². The molecule has 4 nitrogen and oxygen atoms in total. The van der Waals surface area contributed by atoms with Crippen molar-refractivity contribution in [2.24, 2.45) is 5.92 Å². The predicted molar refractivity (Wildman–Crippen MR) is 102 cm³/mol. The van der Waals surface area contributed by atoms with Crippen molar-refractivity contribution in [3.05, 3.63) is 71.3 Å². The molecule has 0 saturated heterocycles. The number of fused-ring (bicyclic) bond motifs is 1. The zero-order valence-electron chi connectivity index (χ0n) is 15.1. The standard InChI is InChI=1S/C21H24O4S/c1-3-26(23,24)21-17(13-16-11-7-8-12-18(16)21)14-19(22)20(25-2)15-9-5-4-6-10-15/h4-12,17,20-21H,3,13-14H2,1-2H3/t17?,20-,21?/m0/s1. The van der Waals surface area contributed by atoms with Crippen LogP contribution in [0.1, 0.15) is 41.4 Å². The molecule has 0 saturated carbocycles. The number of sulfone groups is 1. The second kappa shape index (κ2) is 7.72. The molecule has 3 atom stereocenters. The molecule has 0 N–H and O–H groups in total. The van der Waals surface area contributed by atoms with Crippen LogP contribution in [0.4, 0.5) is 0 Å². The lowest BCUT2D eigenvalue weighted by Crippen LogP contribution is -2.25. The van der Waals surface area contributed by atoms with Gasteiger partial charge in [0, 0.05) is 19.3 Å². The van der Waals surface area contributed by atoms with Gasteiger partial charge in [0.15, 0.2) is 15.6 Å². The van der Waals surface area contributed by atoms with Gasteiger partial charge in [0.25, 0.3) is 0 Å². The molecule has 2 aromatic rings. The molecule has 0 bridgehead atoms. The van der Waals surface area contributed by atoms with Gasteiger partial charge >= 0.3 is 0 Å². The number of ketones is 1. The van der Waals surface area contributed by atoms with Crippen molar-refractivity contribution in [3.8, 4) is 0 Å². The van der Waals surface area contributed by atoms with E-state index in [1.807, 2.05) is 54.6 Å². The first-order valence-corrected chi connectivity index (χ1v) is 10.6. The van der Waals surface area contributed by atoms with Crippen molar-refractivity contribution in [2.75, 3.05) is 12.9 Å². The van der Waals surface area contributed by atoms with Crippen molar-refractivity contribution >= 4 is 15.6 Å². The molecule has 138 valence electrons. The molecule has 2 unspecified atom stereocenters. The van der Waals surface area contributed by atoms with Crippen LogP contribution >= 0.6 is 0 Å². The van der Waals surface area contributed by atoms with E-state index in [-0.39, 0.29) is 23.9 Å². The number of benzene rings is 2. The average molecular weight is 372 g/mol. The Morgan fingerprint density at radius 3 is 2.42 bits per heavy atom. The van der Waals surface area contributed by atoms with Gasteiger partial charge in [-0.25, -0.2) is 8.42 Å². The summed E-state index contributed by atoms with van der Waals surface area (Å²) in [6, 6.07) is 17.0. The number of hydrogen-bond acceptors (Lipinski definition) is 4. The Morgan fingerprint density at radius 1 is 1.12 bits per heavy atom. The topological polar surface area (TPSA) is 60.4 Å². The second-order valence-electron chi connectivity index (χ2n) is 6.73. The van der Waals surface area contributed by atoms with Gasteiger partial charge in [-0.15, -0.1) is 0 Å². The molecule has 0 amide bonds. The summed E-state index contributed by atoms with van der Waals surface area (Å²) in [4.78, 5) is 12.9. The summed E-state index contributed by atoms with van der Waals surface area (Å²) in [6.45, 7) is 1.66. The molecule has 0 aliphatic heterocycles. The summed E-state index contributed by atoms with van der Waals surface area (Å²) < 4.78 is 30.9. The van der Waals surface area contributed by atoms with Crippen molar-refractivity contribution in [1.29, 1.82) is 0 Å². The minimum atomic E-state index is -3.30. The Kier molecular flexibility index (Phi) is 5.58. The fourth-order valence-corrected chi connectivity index (χ4v) is 5.69. The SMILES string of the molecule is CCS(=O)(=O)C1c2ccccc2CC1CC(=O)[C@@H](OC)c1ccccc1. The summed E-state index contributed by atoms with van der Waals surface area (Å²) >= 11 is 0. The normalized spacial score (nSPS) is 20.5. The molecular weight excluding hydrogens is 348 g/mol. The lowest BCUT2D eigenvalue weighted by atomic mass is 9.94. The van der Waals surface area contributed by atoms with Gasteiger partial charge in [-0.1, -0.05) is 61.5 Å². The fraction of sp³-hybridized carbons (Fsp3) is 0.381. The largest absolute Gasteiger partial charge is 0.369 e. The molecule has 0 heterocycles. The highest BCUT2D eigenvalue weighted by atomic mass is 32.2. The Hall–Kier alpha value is -1.98. The van der Waals surface area contributed by atoms with Crippen LogP contribution in [0.2, 0.25) is 0 Å². The van der Waals surface area contributed by atoms with Gasteiger partial charge in [0.1, 0.15) is 6.10 Å². The Morgan fingerprint density at radius 2 is 1.77 bits per heavy atom. The van der Waals surface area contributed by atoms with E-state index in [0.29, 0.717) is 6.42 Å². The zero-order chi connectivity index (χ0) is 18.7. The quantitative estimate of drug-likeness (QED) is 0.744. The van der Waals surface area contributed by atoms with E-state index in [0.717, 1.165) is 16.7 Å².